The van der Waals surface area contributed by atoms with E-state index in [1.165, 1.54) is 0 Å². The Labute approximate surface area is 110 Å². The lowest BCUT2D eigenvalue weighted by atomic mass is 10.3. The number of hydrogen-bond donors (Lipinski definition) is 1. The molecule has 0 aliphatic rings. The van der Waals surface area contributed by atoms with Crippen molar-refractivity contribution in [3.05, 3.63) is 18.1 Å². The Morgan fingerprint density at radius 1 is 1.28 bits per heavy atom. The molecule has 0 spiro atoms. The normalized spacial score (nSPS) is 11.2. The van der Waals surface area contributed by atoms with Crippen molar-refractivity contribution in [3.63, 3.8) is 0 Å². The zero-order chi connectivity index (χ0) is 13.4. The third-order valence-corrected chi connectivity index (χ3v) is 2.37. The van der Waals surface area contributed by atoms with Crippen molar-refractivity contribution in [2.75, 3.05) is 27.2 Å². The van der Waals surface area contributed by atoms with Crippen LogP contribution in [0.25, 0.3) is 0 Å². The van der Waals surface area contributed by atoms with Crippen molar-refractivity contribution in [2.45, 2.75) is 32.9 Å². The summed E-state index contributed by atoms with van der Waals surface area (Å²) in [5.41, 5.74) is 0.935. The van der Waals surface area contributed by atoms with Gasteiger partial charge in [-0.2, -0.15) is 0 Å². The van der Waals surface area contributed by atoms with Crippen LogP contribution in [-0.4, -0.2) is 48.2 Å². The summed E-state index contributed by atoms with van der Waals surface area (Å²) < 4.78 is 5.52. The van der Waals surface area contributed by atoms with Crippen LogP contribution in [0, 0.1) is 0 Å². The van der Waals surface area contributed by atoms with E-state index in [2.05, 4.69) is 48.1 Å². The molecule has 1 aromatic rings. The molecule has 0 bridgehead atoms. The van der Waals surface area contributed by atoms with Crippen molar-refractivity contribution in [1.82, 2.24) is 20.2 Å². The number of aromatic nitrogens is 2. The van der Waals surface area contributed by atoms with E-state index >= 15 is 0 Å². The standard InChI is InChI=1S/C13H24N4O/c1-11(2)14-8-12-9-16-13(10-15-12)18-7-5-6-17(3)4/h9-11,14H,5-8H2,1-4H3. The van der Waals surface area contributed by atoms with Crippen molar-refractivity contribution in [3.8, 4) is 5.88 Å². The average Bonchev–Trinajstić information content (AvgIpc) is 2.33. The molecule has 1 heterocycles. The van der Waals surface area contributed by atoms with E-state index in [0.717, 1.165) is 25.2 Å². The molecule has 0 saturated carbocycles. The summed E-state index contributed by atoms with van der Waals surface area (Å²) in [7, 11) is 4.10. The average molecular weight is 252 g/mol. The first kappa shape index (κ1) is 14.9. The minimum atomic E-state index is 0.453. The van der Waals surface area contributed by atoms with E-state index in [0.29, 0.717) is 18.5 Å². The van der Waals surface area contributed by atoms with Crippen LogP contribution in [0.4, 0.5) is 0 Å². The SMILES string of the molecule is CC(C)NCc1cnc(OCCCN(C)C)cn1. The highest BCUT2D eigenvalue weighted by molar-refractivity contribution is 5.07. The Balaban J connectivity index is 2.27. The monoisotopic (exact) mass is 252 g/mol. The van der Waals surface area contributed by atoms with Gasteiger partial charge < -0.3 is 15.0 Å². The molecule has 0 amide bonds. The van der Waals surface area contributed by atoms with E-state index in [-0.39, 0.29) is 0 Å². The first-order valence-electron chi connectivity index (χ1n) is 6.39. The van der Waals surface area contributed by atoms with Crippen molar-refractivity contribution in [1.29, 1.82) is 0 Å². The maximum atomic E-state index is 5.52. The first-order chi connectivity index (χ1) is 8.58. The highest BCUT2D eigenvalue weighted by atomic mass is 16.5. The molecule has 18 heavy (non-hydrogen) atoms. The third kappa shape index (κ3) is 6.51. The summed E-state index contributed by atoms with van der Waals surface area (Å²) in [6.45, 7) is 6.65. The smallest absolute Gasteiger partial charge is 0.232 e. The van der Waals surface area contributed by atoms with Crippen LogP contribution in [0.2, 0.25) is 0 Å². The van der Waals surface area contributed by atoms with E-state index in [9.17, 15) is 0 Å². The summed E-state index contributed by atoms with van der Waals surface area (Å²) in [4.78, 5) is 10.7. The predicted molar refractivity (Wildman–Crippen MR) is 72.7 cm³/mol. The number of nitrogens with zero attached hydrogens (tertiary/aromatic N) is 3. The lowest BCUT2D eigenvalue weighted by molar-refractivity contribution is 0.272. The summed E-state index contributed by atoms with van der Waals surface area (Å²) in [6, 6.07) is 0.453. The molecule has 0 radical (unpaired) electrons. The summed E-state index contributed by atoms with van der Waals surface area (Å²) in [5.74, 6) is 0.599. The Morgan fingerprint density at radius 3 is 2.61 bits per heavy atom. The van der Waals surface area contributed by atoms with Gasteiger partial charge in [-0.05, 0) is 20.5 Å². The fourth-order valence-corrected chi connectivity index (χ4v) is 1.37. The van der Waals surface area contributed by atoms with E-state index in [4.69, 9.17) is 4.74 Å². The van der Waals surface area contributed by atoms with Gasteiger partial charge in [-0.3, -0.25) is 4.98 Å². The molecule has 5 nitrogen and oxygen atoms in total. The lowest BCUT2D eigenvalue weighted by Crippen LogP contribution is -2.22. The highest BCUT2D eigenvalue weighted by Crippen LogP contribution is 2.04. The van der Waals surface area contributed by atoms with E-state index in [1.807, 2.05) is 0 Å². The second kappa shape index (κ2) is 8.00. The predicted octanol–water partition coefficient (Wildman–Crippen LogP) is 1.31. The second-order valence-electron chi connectivity index (χ2n) is 4.89. The van der Waals surface area contributed by atoms with Gasteiger partial charge in [0.15, 0.2) is 0 Å². The molecular formula is C13H24N4O. The first-order valence-corrected chi connectivity index (χ1v) is 6.39. The molecule has 1 rings (SSSR count). The second-order valence-corrected chi connectivity index (χ2v) is 4.89. The summed E-state index contributed by atoms with van der Waals surface area (Å²) in [6.07, 6.45) is 4.44. The van der Waals surface area contributed by atoms with Gasteiger partial charge >= 0.3 is 0 Å². The minimum absolute atomic E-state index is 0.453. The lowest BCUT2D eigenvalue weighted by Gasteiger charge is -2.10. The van der Waals surface area contributed by atoms with Gasteiger partial charge in [0.05, 0.1) is 24.7 Å². The van der Waals surface area contributed by atoms with E-state index in [1.54, 1.807) is 12.4 Å². The van der Waals surface area contributed by atoms with Gasteiger partial charge in [-0.25, -0.2) is 4.98 Å². The molecule has 0 aliphatic heterocycles. The maximum Gasteiger partial charge on any atom is 0.232 e. The molecule has 0 unspecified atom stereocenters. The van der Waals surface area contributed by atoms with Crippen LogP contribution in [0.5, 0.6) is 5.88 Å². The molecule has 0 fully saturated rings. The molecular weight excluding hydrogens is 228 g/mol. The zero-order valence-electron chi connectivity index (χ0n) is 11.8. The zero-order valence-corrected chi connectivity index (χ0v) is 11.8. The maximum absolute atomic E-state index is 5.52. The third-order valence-electron chi connectivity index (χ3n) is 2.37. The van der Waals surface area contributed by atoms with Gasteiger partial charge in [0.25, 0.3) is 0 Å². The Kier molecular flexibility index (Phi) is 6.60. The van der Waals surface area contributed by atoms with Gasteiger partial charge in [-0.15, -0.1) is 0 Å². The number of ether oxygens (including phenoxy) is 1. The van der Waals surface area contributed by atoms with Crippen molar-refractivity contribution >= 4 is 0 Å². The molecule has 0 aliphatic carbocycles. The van der Waals surface area contributed by atoms with Gasteiger partial charge in [-0.1, -0.05) is 13.8 Å². The van der Waals surface area contributed by atoms with Crippen LogP contribution in [0.3, 0.4) is 0 Å². The highest BCUT2D eigenvalue weighted by Gasteiger charge is 2.00. The fourth-order valence-electron chi connectivity index (χ4n) is 1.37. The van der Waals surface area contributed by atoms with Crippen LogP contribution >= 0.6 is 0 Å². The van der Waals surface area contributed by atoms with Crippen molar-refractivity contribution in [2.24, 2.45) is 0 Å². The van der Waals surface area contributed by atoms with Gasteiger partial charge in [0.2, 0.25) is 5.88 Å². The summed E-state index contributed by atoms with van der Waals surface area (Å²) >= 11 is 0. The van der Waals surface area contributed by atoms with Gasteiger partial charge in [0, 0.05) is 19.1 Å². The fraction of sp³-hybridized carbons (Fsp3) is 0.692. The number of rotatable bonds is 8. The molecule has 102 valence electrons. The van der Waals surface area contributed by atoms with Crippen LogP contribution in [0.15, 0.2) is 12.4 Å². The molecule has 0 atom stereocenters. The molecule has 1 aromatic heterocycles. The Hall–Kier alpha value is -1.20. The minimum Gasteiger partial charge on any atom is -0.477 e. The molecule has 5 heteroatoms. The van der Waals surface area contributed by atoms with Crippen molar-refractivity contribution < 1.29 is 4.74 Å². The number of nitrogens with one attached hydrogen (secondary N) is 1. The number of hydrogen-bond acceptors (Lipinski definition) is 5. The van der Waals surface area contributed by atoms with Gasteiger partial charge in [0.1, 0.15) is 0 Å². The molecule has 0 saturated heterocycles. The van der Waals surface area contributed by atoms with Crippen LogP contribution in [0.1, 0.15) is 26.0 Å². The largest absolute Gasteiger partial charge is 0.477 e. The van der Waals surface area contributed by atoms with Crippen LogP contribution < -0.4 is 10.1 Å². The molecule has 0 aromatic carbocycles. The Morgan fingerprint density at radius 2 is 2.06 bits per heavy atom. The molecule has 1 N–H and O–H groups in total. The van der Waals surface area contributed by atoms with Crippen LogP contribution in [-0.2, 0) is 6.54 Å². The quantitative estimate of drug-likeness (QED) is 0.707. The van der Waals surface area contributed by atoms with E-state index < -0.39 is 0 Å². The topological polar surface area (TPSA) is 50.3 Å². The summed E-state index contributed by atoms with van der Waals surface area (Å²) in [5, 5.41) is 3.30. The Bertz CT molecular complexity index is 324.